The minimum Gasteiger partial charge on any atom is -0.343 e. The molecular formula is C17H22N6O. The second-order valence-electron chi connectivity index (χ2n) is 5.97. The molecule has 3 rings (SSSR count). The van der Waals surface area contributed by atoms with E-state index in [0.717, 1.165) is 38.0 Å². The van der Waals surface area contributed by atoms with Crippen molar-refractivity contribution in [2.45, 2.75) is 32.6 Å². The fraction of sp³-hybridized carbons (Fsp3) is 0.471. The summed E-state index contributed by atoms with van der Waals surface area (Å²) in [4.78, 5) is 30.6. The predicted octanol–water partition coefficient (Wildman–Crippen LogP) is 2.20. The number of amides is 1. The topological polar surface area (TPSA) is 83.9 Å². The maximum atomic E-state index is 11.7. The van der Waals surface area contributed by atoms with Gasteiger partial charge in [0, 0.05) is 43.7 Å². The molecule has 0 radical (unpaired) electrons. The summed E-state index contributed by atoms with van der Waals surface area (Å²) in [5.74, 6) is 2.03. The van der Waals surface area contributed by atoms with Crippen LogP contribution in [-0.2, 0) is 11.2 Å². The summed E-state index contributed by atoms with van der Waals surface area (Å²) in [5.41, 5.74) is 1.00. The minimum absolute atomic E-state index is 0.254. The molecule has 0 saturated carbocycles. The van der Waals surface area contributed by atoms with Crippen LogP contribution in [0.5, 0.6) is 0 Å². The number of hydrogen-bond acceptors (Lipinski definition) is 6. The van der Waals surface area contributed by atoms with Crippen LogP contribution in [0.1, 0.15) is 31.9 Å². The Bertz CT molecular complexity index is 670. The first kappa shape index (κ1) is 16.3. The first-order chi connectivity index (χ1) is 11.7. The van der Waals surface area contributed by atoms with Crippen LogP contribution in [0, 0.1) is 5.92 Å². The molecular weight excluding hydrogens is 304 g/mol. The largest absolute Gasteiger partial charge is 0.343 e. The van der Waals surface area contributed by atoms with E-state index in [-0.39, 0.29) is 5.91 Å². The average molecular weight is 326 g/mol. The van der Waals surface area contributed by atoms with E-state index in [1.807, 2.05) is 17.9 Å². The number of carbonyl (C=O) groups excluding carboxylic acids is 1. The summed E-state index contributed by atoms with van der Waals surface area (Å²) in [6.07, 6.45) is 8.48. The lowest BCUT2D eigenvalue weighted by molar-refractivity contribution is -0.132. The van der Waals surface area contributed by atoms with Gasteiger partial charge in [0.2, 0.25) is 11.9 Å². The highest BCUT2D eigenvalue weighted by molar-refractivity contribution is 5.75. The van der Waals surface area contributed by atoms with E-state index in [9.17, 15) is 4.79 Å². The van der Waals surface area contributed by atoms with Crippen LogP contribution in [0.4, 0.5) is 11.8 Å². The van der Waals surface area contributed by atoms with Gasteiger partial charge in [0.15, 0.2) is 0 Å². The van der Waals surface area contributed by atoms with Crippen molar-refractivity contribution in [3.63, 3.8) is 0 Å². The molecule has 7 nitrogen and oxygen atoms in total. The normalized spacial score (nSPS) is 15.3. The smallest absolute Gasteiger partial charge is 0.228 e. The zero-order valence-electron chi connectivity index (χ0n) is 13.9. The Morgan fingerprint density at radius 2 is 1.96 bits per heavy atom. The minimum atomic E-state index is 0.254. The number of hydrogen-bond donors (Lipinski definition) is 1. The Labute approximate surface area is 141 Å². The summed E-state index contributed by atoms with van der Waals surface area (Å²) in [6.45, 7) is 3.62. The number of likely N-dealkylation sites (tertiary alicyclic amines) is 1. The van der Waals surface area contributed by atoms with Gasteiger partial charge in [0.05, 0.1) is 0 Å². The molecule has 2 aromatic heterocycles. The van der Waals surface area contributed by atoms with Gasteiger partial charge in [-0.05, 0) is 31.2 Å². The number of nitrogens with one attached hydrogen (secondary N) is 1. The summed E-state index contributed by atoms with van der Waals surface area (Å²) < 4.78 is 0. The van der Waals surface area contributed by atoms with Crippen molar-refractivity contribution in [1.29, 1.82) is 0 Å². The number of carbonyl (C=O) groups is 1. The molecule has 24 heavy (non-hydrogen) atoms. The van der Waals surface area contributed by atoms with Crippen molar-refractivity contribution >= 4 is 17.7 Å². The third-order valence-corrected chi connectivity index (χ3v) is 4.30. The molecule has 7 heteroatoms. The molecule has 126 valence electrons. The van der Waals surface area contributed by atoms with Gasteiger partial charge in [-0.25, -0.2) is 19.9 Å². The lowest BCUT2D eigenvalue weighted by Gasteiger charge is -2.31. The maximum absolute atomic E-state index is 11.7. The molecule has 1 aliphatic heterocycles. The molecule has 0 aliphatic carbocycles. The molecule has 0 bridgehead atoms. The van der Waals surface area contributed by atoms with Crippen LogP contribution in [0.15, 0.2) is 30.9 Å². The van der Waals surface area contributed by atoms with Gasteiger partial charge in [-0.2, -0.15) is 0 Å². The van der Waals surface area contributed by atoms with Gasteiger partial charge >= 0.3 is 0 Å². The summed E-state index contributed by atoms with van der Waals surface area (Å²) in [5, 5.41) is 3.08. The van der Waals surface area contributed by atoms with Crippen molar-refractivity contribution in [3.8, 4) is 0 Å². The third-order valence-electron chi connectivity index (χ3n) is 4.30. The van der Waals surface area contributed by atoms with Crippen LogP contribution in [0.3, 0.4) is 0 Å². The SMILES string of the molecule is CCC(=O)N1CCC(Cc2cc(Nc3ncccn3)ncn2)CC1. The van der Waals surface area contributed by atoms with Gasteiger partial charge in [0.1, 0.15) is 12.1 Å². The Morgan fingerprint density at radius 3 is 2.67 bits per heavy atom. The third kappa shape index (κ3) is 4.24. The Morgan fingerprint density at radius 1 is 1.21 bits per heavy atom. The molecule has 1 N–H and O–H groups in total. The molecule has 3 heterocycles. The fourth-order valence-electron chi connectivity index (χ4n) is 2.96. The molecule has 0 aromatic carbocycles. The van der Waals surface area contributed by atoms with Gasteiger partial charge in [-0.3, -0.25) is 4.79 Å². The number of piperidine rings is 1. The first-order valence-corrected chi connectivity index (χ1v) is 8.37. The maximum Gasteiger partial charge on any atom is 0.228 e. The molecule has 1 saturated heterocycles. The van der Waals surface area contributed by atoms with Crippen molar-refractivity contribution in [2.24, 2.45) is 5.92 Å². The second kappa shape index (κ2) is 7.81. The van der Waals surface area contributed by atoms with E-state index >= 15 is 0 Å². The average Bonchev–Trinajstić information content (AvgIpc) is 2.63. The molecule has 1 fully saturated rings. The van der Waals surface area contributed by atoms with E-state index in [2.05, 4.69) is 25.3 Å². The molecule has 1 amide bonds. The van der Waals surface area contributed by atoms with E-state index in [1.54, 1.807) is 24.8 Å². The fourth-order valence-corrected chi connectivity index (χ4v) is 2.96. The van der Waals surface area contributed by atoms with Crippen molar-refractivity contribution in [2.75, 3.05) is 18.4 Å². The van der Waals surface area contributed by atoms with E-state index < -0.39 is 0 Å². The predicted molar refractivity (Wildman–Crippen MR) is 90.6 cm³/mol. The van der Waals surface area contributed by atoms with Crippen LogP contribution in [0.25, 0.3) is 0 Å². The first-order valence-electron chi connectivity index (χ1n) is 8.37. The van der Waals surface area contributed by atoms with Crippen LogP contribution in [0.2, 0.25) is 0 Å². The van der Waals surface area contributed by atoms with Crippen LogP contribution < -0.4 is 5.32 Å². The zero-order chi connectivity index (χ0) is 16.8. The van der Waals surface area contributed by atoms with E-state index in [1.165, 1.54) is 0 Å². The lowest BCUT2D eigenvalue weighted by atomic mass is 9.92. The summed E-state index contributed by atoms with van der Waals surface area (Å²) >= 11 is 0. The van der Waals surface area contributed by atoms with Crippen LogP contribution >= 0.6 is 0 Å². The Kier molecular flexibility index (Phi) is 5.30. The number of nitrogens with zero attached hydrogens (tertiary/aromatic N) is 5. The van der Waals surface area contributed by atoms with Crippen molar-refractivity contribution < 1.29 is 4.79 Å². The number of aromatic nitrogens is 4. The second-order valence-corrected chi connectivity index (χ2v) is 5.97. The van der Waals surface area contributed by atoms with E-state index in [4.69, 9.17) is 0 Å². The highest BCUT2D eigenvalue weighted by atomic mass is 16.2. The van der Waals surface area contributed by atoms with Gasteiger partial charge < -0.3 is 10.2 Å². The molecule has 0 unspecified atom stereocenters. The molecule has 0 spiro atoms. The van der Waals surface area contributed by atoms with Gasteiger partial charge in [0.25, 0.3) is 0 Å². The van der Waals surface area contributed by atoms with E-state index in [0.29, 0.717) is 24.1 Å². The molecule has 1 aliphatic rings. The number of rotatable bonds is 5. The van der Waals surface area contributed by atoms with Gasteiger partial charge in [-0.15, -0.1) is 0 Å². The van der Waals surface area contributed by atoms with Gasteiger partial charge in [-0.1, -0.05) is 6.92 Å². The van der Waals surface area contributed by atoms with Crippen molar-refractivity contribution in [1.82, 2.24) is 24.8 Å². The highest BCUT2D eigenvalue weighted by Crippen LogP contribution is 2.22. The van der Waals surface area contributed by atoms with Crippen LogP contribution in [-0.4, -0.2) is 43.8 Å². The lowest BCUT2D eigenvalue weighted by Crippen LogP contribution is -2.38. The molecule has 2 aromatic rings. The van der Waals surface area contributed by atoms with Crippen molar-refractivity contribution in [3.05, 3.63) is 36.5 Å². The zero-order valence-corrected chi connectivity index (χ0v) is 13.9. The summed E-state index contributed by atoms with van der Waals surface area (Å²) in [6, 6.07) is 3.71. The Hall–Kier alpha value is -2.57. The number of anilines is 2. The quantitative estimate of drug-likeness (QED) is 0.907. The molecule has 0 atom stereocenters. The standard InChI is InChI=1S/C17H22N6O/c1-2-16(24)23-8-4-13(5-9-23)10-14-11-15(21-12-20-14)22-17-18-6-3-7-19-17/h3,6-7,11-13H,2,4-5,8-10H2,1H3,(H,18,19,20,21,22). The monoisotopic (exact) mass is 326 g/mol. The Balaban J connectivity index is 1.56. The highest BCUT2D eigenvalue weighted by Gasteiger charge is 2.22. The summed E-state index contributed by atoms with van der Waals surface area (Å²) in [7, 11) is 0.